The minimum absolute atomic E-state index is 0.117. The quantitative estimate of drug-likeness (QED) is 0.810. The Balaban J connectivity index is 2.38. The lowest BCUT2D eigenvalue weighted by atomic mass is 9.94. The van der Waals surface area contributed by atoms with Crippen LogP contribution >= 0.6 is 15.9 Å². The number of amides is 1. The number of benzene rings is 1. The van der Waals surface area contributed by atoms with Crippen molar-refractivity contribution < 1.29 is 4.79 Å². The molecule has 1 heterocycles. The van der Waals surface area contributed by atoms with Crippen molar-refractivity contribution in [2.75, 3.05) is 5.32 Å². The van der Waals surface area contributed by atoms with Gasteiger partial charge in [-0.15, -0.1) is 0 Å². The van der Waals surface area contributed by atoms with Gasteiger partial charge in [-0.25, -0.2) is 0 Å². The second-order valence-corrected chi connectivity index (χ2v) is 4.77. The highest BCUT2D eigenvalue weighted by Crippen LogP contribution is 2.34. The largest absolute Gasteiger partial charge is 0.382 e. The Hall–Kier alpha value is -1.03. The summed E-state index contributed by atoms with van der Waals surface area (Å²) in [6, 6.07) is 6.59. The number of halogens is 1. The van der Waals surface area contributed by atoms with Crippen LogP contribution in [0.25, 0.3) is 0 Å². The van der Waals surface area contributed by atoms with Gasteiger partial charge < -0.3 is 10.6 Å². The first-order valence-corrected chi connectivity index (χ1v) is 5.75. The molecule has 2 atom stereocenters. The third kappa shape index (κ3) is 2.15. The topological polar surface area (TPSA) is 41.1 Å². The van der Waals surface area contributed by atoms with E-state index in [0.717, 1.165) is 28.6 Å². The Morgan fingerprint density at radius 2 is 2.40 bits per heavy atom. The maximum Gasteiger partial charge on any atom is 0.207 e. The molecule has 2 N–H and O–H groups in total. The van der Waals surface area contributed by atoms with Crippen molar-refractivity contribution in [3.8, 4) is 0 Å². The molecular weight excluding hydrogens is 256 g/mol. The molecular formula is C11H13BrN2O. The molecule has 1 amide bonds. The molecule has 1 aliphatic rings. The van der Waals surface area contributed by atoms with E-state index in [0.29, 0.717) is 6.04 Å². The molecule has 0 bridgehead atoms. The van der Waals surface area contributed by atoms with Crippen LogP contribution in [0.4, 0.5) is 5.69 Å². The van der Waals surface area contributed by atoms with E-state index < -0.39 is 0 Å². The van der Waals surface area contributed by atoms with E-state index in [1.54, 1.807) is 0 Å². The van der Waals surface area contributed by atoms with Crippen molar-refractivity contribution in [1.29, 1.82) is 0 Å². The summed E-state index contributed by atoms with van der Waals surface area (Å²) in [5.74, 6) is 0. The zero-order valence-electron chi connectivity index (χ0n) is 8.46. The van der Waals surface area contributed by atoms with Crippen molar-refractivity contribution in [3.05, 3.63) is 28.2 Å². The maximum absolute atomic E-state index is 10.5. The number of fused-ring (bicyclic) bond motifs is 1. The average molecular weight is 269 g/mol. The summed E-state index contributed by atoms with van der Waals surface area (Å²) >= 11 is 3.44. The van der Waals surface area contributed by atoms with Crippen molar-refractivity contribution in [2.24, 2.45) is 0 Å². The average Bonchev–Trinajstić information content (AvgIpc) is 2.19. The second-order valence-electron chi connectivity index (χ2n) is 3.85. The number of rotatable bonds is 2. The predicted molar refractivity (Wildman–Crippen MR) is 63.8 cm³/mol. The van der Waals surface area contributed by atoms with E-state index in [4.69, 9.17) is 0 Å². The molecule has 1 aromatic carbocycles. The first-order chi connectivity index (χ1) is 7.20. The number of anilines is 1. The lowest BCUT2D eigenvalue weighted by molar-refractivity contribution is -0.110. The van der Waals surface area contributed by atoms with Gasteiger partial charge in [-0.2, -0.15) is 0 Å². The molecule has 3 nitrogen and oxygen atoms in total. The monoisotopic (exact) mass is 268 g/mol. The molecule has 0 aliphatic carbocycles. The molecule has 0 saturated carbocycles. The highest BCUT2D eigenvalue weighted by Gasteiger charge is 2.23. The zero-order chi connectivity index (χ0) is 10.8. The Morgan fingerprint density at radius 3 is 3.13 bits per heavy atom. The van der Waals surface area contributed by atoms with Gasteiger partial charge in [-0.3, -0.25) is 4.79 Å². The third-order valence-electron chi connectivity index (χ3n) is 2.65. The van der Waals surface area contributed by atoms with Crippen molar-refractivity contribution in [3.63, 3.8) is 0 Å². The Morgan fingerprint density at radius 1 is 1.60 bits per heavy atom. The standard InChI is InChI=1S/C11H13BrN2O/c1-7-4-11(13-6-15)9-5-8(12)2-3-10(9)14-7/h2-3,5-7,11,14H,4H2,1H3,(H,13,15)/t7-,11+/m1/s1. The molecule has 0 saturated heterocycles. The van der Waals surface area contributed by atoms with Crippen LogP contribution in [-0.2, 0) is 4.79 Å². The van der Waals surface area contributed by atoms with Crippen LogP contribution in [0, 0.1) is 0 Å². The summed E-state index contributed by atoms with van der Waals surface area (Å²) in [7, 11) is 0. The SMILES string of the molecule is C[C@@H]1C[C@H](NC=O)c2cc(Br)ccc2N1. The minimum atomic E-state index is 0.117. The van der Waals surface area contributed by atoms with Gasteiger partial charge in [0.1, 0.15) is 0 Å². The van der Waals surface area contributed by atoms with Crippen molar-refractivity contribution in [2.45, 2.75) is 25.4 Å². The number of carbonyl (C=O) groups excluding carboxylic acids is 1. The van der Waals surface area contributed by atoms with Gasteiger partial charge in [0.2, 0.25) is 6.41 Å². The van der Waals surface area contributed by atoms with E-state index in [1.165, 1.54) is 0 Å². The van der Waals surface area contributed by atoms with Gasteiger partial charge in [0.05, 0.1) is 6.04 Å². The summed E-state index contributed by atoms with van der Waals surface area (Å²) in [5.41, 5.74) is 2.26. The van der Waals surface area contributed by atoms with Gasteiger partial charge in [0.15, 0.2) is 0 Å². The Kier molecular flexibility index (Phi) is 2.95. The van der Waals surface area contributed by atoms with Crippen LogP contribution in [-0.4, -0.2) is 12.5 Å². The number of carbonyl (C=O) groups is 1. The van der Waals surface area contributed by atoms with E-state index in [-0.39, 0.29) is 6.04 Å². The van der Waals surface area contributed by atoms with Crippen molar-refractivity contribution in [1.82, 2.24) is 5.32 Å². The second kappa shape index (κ2) is 4.23. The normalized spacial score (nSPS) is 23.9. The number of hydrogen-bond donors (Lipinski definition) is 2. The fourth-order valence-corrected chi connectivity index (χ4v) is 2.38. The Bertz CT molecular complexity index is 381. The molecule has 15 heavy (non-hydrogen) atoms. The zero-order valence-corrected chi connectivity index (χ0v) is 10.0. The van der Waals surface area contributed by atoms with Crippen LogP contribution in [0.3, 0.4) is 0 Å². The number of hydrogen-bond acceptors (Lipinski definition) is 2. The minimum Gasteiger partial charge on any atom is -0.382 e. The highest BCUT2D eigenvalue weighted by atomic mass is 79.9. The van der Waals surface area contributed by atoms with E-state index in [2.05, 4.69) is 39.6 Å². The molecule has 0 spiro atoms. The molecule has 0 fully saturated rings. The Labute approximate surface area is 97.4 Å². The maximum atomic E-state index is 10.5. The fourth-order valence-electron chi connectivity index (χ4n) is 2.00. The molecule has 0 aromatic heterocycles. The summed E-state index contributed by atoms with van der Waals surface area (Å²) in [6.07, 6.45) is 1.69. The summed E-state index contributed by atoms with van der Waals surface area (Å²) in [6.45, 7) is 2.12. The molecule has 80 valence electrons. The van der Waals surface area contributed by atoms with E-state index in [1.807, 2.05) is 12.1 Å². The van der Waals surface area contributed by atoms with Gasteiger partial charge in [0, 0.05) is 16.2 Å². The van der Waals surface area contributed by atoms with Crippen LogP contribution in [0.2, 0.25) is 0 Å². The third-order valence-corrected chi connectivity index (χ3v) is 3.14. The fraction of sp³-hybridized carbons (Fsp3) is 0.364. The lowest BCUT2D eigenvalue weighted by Crippen LogP contribution is -2.32. The van der Waals surface area contributed by atoms with Gasteiger partial charge in [0.25, 0.3) is 0 Å². The predicted octanol–water partition coefficient (Wildman–Crippen LogP) is 2.44. The van der Waals surface area contributed by atoms with Crippen LogP contribution in [0.15, 0.2) is 22.7 Å². The first-order valence-electron chi connectivity index (χ1n) is 4.96. The molecule has 2 rings (SSSR count). The van der Waals surface area contributed by atoms with Crippen LogP contribution < -0.4 is 10.6 Å². The summed E-state index contributed by atoms with van der Waals surface area (Å²) < 4.78 is 1.04. The highest BCUT2D eigenvalue weighted by molar-refractivity contribution is 9.10. The smallest absolute Gasteiger partial charge is 0.207 e. The summed E-state index contributed by atoms with van der Waals surface area (Å²) in [5, 5.41) is 6.26. The van der Waals surface area contributed by atoms with E-state index >= 15 is 0 Å². The molecule has 0 radical (unpaired) electrons. The van der Waals surface area contributed by atoms with E-state index in [9.17, 15) is 4.79 Å². The van der Waals surface area contributed by atoms with Crippen LogP contribution in [0.5, 0.6) is 0 Å². The molecule has 0 unspecified atom stereocenters. The lowest BCUT2D eigenvalue weighted by Gasteiger charge is -2.31. The molecule has 1 aromatic rings. The molecule has 4 heteroatoms. The van der Waals surface area contributed by atoms with Gasteiger partial charge in [-0.05, 0) is 37.1 Å². The molecule has 1 aliphatic heterocycles. The van der Waals surface area contributed by atoms with Gasteiger partial charge in [-0.1, -0.05) is 15.9 Å². The van der Waals surface area contributed by atoms with Crippen LogP contribution in [0.1, 0.15) is 24.9 Å². The van der Waals surface area contributed by atoms with Crippen molar-refractivity contribution >= 4 is 28.0 Å². The summed E-state index contributed by atoms with van der Waals surface area (Å²) in [4.78, 5) is 10.5. The number of nitrogens with one attached hydrogen (secondary N) is 2. The van der Waals surface area contributed by atoms with Gasteiger partial charge >= 0.3 is 0 Å². The first kappa shape index (κ1) is 10.5.